The molecule has 0 saturated carbocycles. The van der Waals surface area contributed by atoms with Gasteiger partial charge in [-0.1, -0.05) is 43.3 Å². The fourth-order valence-electron chi connectivity index (χ4n) is 3.76. The Balaban J connectivity index is 0.00000363. The number of rotatable bonds is 7. The third-order valence-corrected chi connectivity index (χ3v) is 5.93. The highest BCUT2D eigenvalue weighted by molar-refractivity contribution is 5.96. The third-order valence-electron chi connectivity index (χ3n) is 5.93. The van der Waals surface area contributed by atoms with E-state index in [1.807, 2.05) is 67.3 Å². The van der Waals surface area contributed by atoms with E-state index in [1.54, 1.807) is 0 Å². The van der Waals surface area contributed by atoms with Gasteiger partial charge >= 0.3 is 5.97 Å². The molecule has 7 heteroatoms. The Kier molecular flexibility index (Phi) is 9.27. The fraction of sp³-hybridized carbons (Fsp3) is 0.400. The molecule has 1 saturated heterocycles. The number of amidine groups is 1. The van der Waals surface area contributed by atoms with E-state index in [1.165, 1.54) is 0 Å². The first-order chi connectivity index (χ1) is 14.9. The fourth-order valence-corrected chi connectivity index (χ4v) is 3.76. The number of hydrogen-bond acceptors (Lipinski definition) is 4. The van der Waals surface area contributed by atoms with Gasteiger partial charge in [0.1, 0.15) is 5.84 Å². The third kappa shape index (κ3) is 6.57. The first kappa shape index (κ1) is 25.4. The Bertz CT molecular complexity index is 920. The van der Waals surface area contributed by atoms with Crippen molar-refractivity contribution in [2.24, 2.45) is 11.7 Å². The number of amides is 1. The minimum absolute atomic E-state index is 0. The van der Waals surface area contributed by atoms with Crippen molar-refractivity contribution in [3.8, 4) is 11.1 Å². The van der Waals surface area contributed by atoms with Crippen molar-refractivity contribution >= 4 is 30.1 Å². The smallest absolute Gasteiger partial charge is 0.306 e. The molecule has 1 aliphatic rings. The molecule has 0 radical (unpaired) electrons. The molecule has 0 aromatic heterocycles. The number of benzene rings is 2. The van der Waals surface area contributed by atoms with E-state index in [2.05, 4.69) is 0 Å². The summed E-state index contributed by atoms with van der Waals surface area (Å²) in [6, 6.07) is 15.1. The van der Waals surface area contributed by atoms with Crippen LogP contribution in [-0.4, -0.2) is 41.8 Å². The van der Waals surface area contributed by atoms with Crippen LogP contribution in [0.5, 0.6) is 0 Å². The normalized spacial score (nSPS) is 14.9. The van der Waals surface area contributed by atoms with Crippen LogP contribution >= 0.6 is 12.4 Å². The summed E-state index contributed by atoms with van der Waals surface area (Å²) in [4.78, 5) is 26.7. The van der Waals surface area contributed by atoms with Crippen molar-refractivity contribution in [1.82, 2.24) is 4.90 Å². The lowest BCUT2D eigenvalue weighted by atomic mass is 9.93. The van der Waals surface area contributed by atoms with Crippen LogP contribution in [0.2, 0.25) is 0 Å². The number of nitrogens with zero attached hydrogens (tertiary/aromatic N) is 1. The molecular weight excluding hydrogens is 426 g/mol. The van der Waals surface area contributed by atoms with Gasteiger partial charge in [-0.15, -0.1) is 12.4 Å². The molecule has 1 aliphatic heterocycles. The lowest BCUT2D eigenvalue weighted by molar-refractivity contribution is -0.149. The second kappa shape index (κ2) is 11.7. The van der Waals surface area contributed by atoms with Crippen LogP contribution < -0.4 is 5.73 Å². The number of piperidine rings is 1. The molecule has 1 fully saturated rings. The number of hydrogen-bond donors (Lipinski definition) is 2. The molecule has 0 unspecified atom stereocenters. The van der Waals surface area contributed by atoms with Crippen LogP contribution in [0, 0.1) is 11.3 Å². The number of carbonyl (C=O) groups is 2. The molecule has 1 amide bonds. The monoisotopic (exact) mass is 457 g/mol. The van der Waals surface area contributed by atoms with Gasteiger partial charge < -0.3 is 15.4 Å². The number of carbonyl (C=O) groups excluding carboxylic acids is 2. The van der Waals surface area contributed by atoms with E-state index < -0.39 is 0 Å². The highest BCUT2D eigenvalue weighted by Gasteiger charge is 2.26. The van der Waals surface area contributed by atoms with Crippen LogP contribution in [-0.2, 0) is 9.53 Å². The Morgan fingerprint density at radius 3 is 2.00 bits per heavy atom. The van der Waals surface area contributed by atoms with Crippen molar-refractivity contribution in [2.45, 2.75) is 45.6 Å². The van der Waals surface area contributed by atoms with Gasteiger partial charge in [0.2, 0.25) is 0 Å². The standard InChI is InChI=1S/C25H31N3O3.ClH/c1-3-17(2)31-23(29)16-18-12-14-28(15-13-18)25(30)22-10-6-20(7-11-22)19-4-8-21(9-5-19)24(26)27;/h4-11,17-18H,3,12-16H2,1-2H3,(H3,26,27);1H/t17-;/m1./s1. The van der Waals surface area contributed by atoms with Crippen LogP contribution in [0.4, 0.5) is 0 Å². The highest BCUT2D eigenvalue weighted by Crippen LogP contribution is 2.24. The maximum absolute atomic E-state index is 12.9. The van der Waals surface area contributed by atoms with Crippen LogP contribution in [0.1, 0.15) is 55.5 Å². The van der Waals surface area contributed by atoms with Crippen molar-refractivity contribution in [3.63, 3.8) is 0 Å². The Morgan fingerprint density at radius 1 is 1.03 bits per heavy atom. The zero-order chi connectivity index (χ0) is 22.4. The number of likely N-dealkylation sites (tertiary alicyclic amines) is 1. The Labute approximate surface area is 196 Å². The van der Waals surface area contributed by atoms with Gasteiger partial charge in [0.25, 0.3) is 5.91 Å². The first-order valence-electron chi connectivity index (χ1n) is 10.9. The van der Waals surface area contributed by atoms with Crippen LogP contribution in [0.15, 0.2) is 48.5 Å². The van der Waals surface area contributed by atoms with E-state index in [0.29, 0.717) is 30.6 Å². The number of nitrogen functional groups attached to an aromatic ring is 1. The molecule has 1 atom stereocenters. The van der Waals surface area contributed by atoms with Gasteiger partial charge in [-0.2, -0.15) is 0 Å². The summed E-state index contributed by atoms with van der Waals surface area (Å²) in [5.41, 5.74) is 8.87. The number of ether oxygens (including phenoxy) is 1. The van der Waals surface area contributed by atoms with Crippen molar-refractivity contribution < 1.29 is 14.3 Å². The summed E-state index contributed by atoms with van der Waals surface area (Å²) in [5.74, 6) is 0.217. The van der Waals surface area contributed by atoms with Gasteiger partial charge in [-0.25, -0.2) is 0 Å². The predicted octanol–water partition coefficient (Wildman–Crippen LogP) is 4.64. The topological polar surface area (TPSA) is 96.5 Å². The molecule has 3 rings (SSSR count). The largest absolute Gasteiger partial charge is 0.463 e. The first-order valence-corrected chi connectivity index (χ1v) is 10.9. The molecule has 0 aliphatic carbocycles. The lowest BCUT2D eigenvalue weighted by Crippen LogP contribution is -2.39. The summed E-state index contributed by atoms with van der Waals surface area (Å²) >= 11 is 0. The summed E-state index contributed by atoms with van der Waals surface area (Å²) < 4.78 is 5.38. The maximum atomic E-state index is 12.9. The molecule has 6 nitrogen and oxygen atoms in total. The maximum Gasteiger partial charge on any atom is 0.306 e. The predicted molar refractivity (Wildman–Crippen MR) is 129 cm³/mol. The van der Waals surface area contributed by atoms with Crippen molar-refractivity contribution in [2.75, 3.05) is 13.1 Å². The number of nitrogens with one attached hydrogen (secondary N) is 1. The van der Waals surface area contributed by atoms with E-state index in [4.69, 9.17) is 15.9 Å². The van der Waals surface area contributed by atoms with E-state index in [9.17, 15) is 9.59 Å². The van der Waals surface area contributed by atoms with Crippen molar-refractivity contribution in [3.05, 3.63) is 59.7 Å². The quantitative estimate of drug-likeness (QED) is 0.359. The van der Waals surface area contributed by atoms with Gasteiger partial charge in [-0.05, 0) is 55.4 Å². The summed E-state index contributed by atoms with van der Waals surface area (Å²) in [6.45, 7) is 5.23. The van der Waals surface area contributed by atoms with Crippen LogP contribution in [0.3, 0.4) is 0 Å². The molecule has 2 aromatic rings. The minimum atomic E-state index is -0.133. The van der Waals surface area contributed by atoms with E-state index in [0.717, 1.165) is 30.4 Å². The average Bonchev–Trinajstić information content (AvgIpc) is 2.79. The molecule has 2 aromatic carbocycles. The zero-order valence-corrected chi connectivity index (χ0v) is 19.5. The Morgan fingerprint density at radius 2 is 1.53 bits per heavy atom. The number of halogens is 1. The van der Waals surface area contributed by atoms with Gasteiger partial charge in [0.05, 0.1) is 6.10 Å². The molecule has 0 spiro atoms. The van der Waals surface area contributed by atoms with Gasteiger partial charge in [-0.3, -0.25) is 15.0 Å². The molecule has 0 bridgehead atoms. The average molecular weight is 458 g/mol. The molecule has 32 heavy (non-hydrogen) atoms. The number of nitrogens with two attached hydrogens (primary N) is 1. The van der Waals surface area contributed by atoms with E-state index >= 15 is 0 Å². The zero-order valence-electron chi connectivity index (χ0n) is 18.7. The SMILES string of the molecule is CC[C@@H](C)OC(=O)CC1CCN(C(=O)c2ccc(-c3ccc(C(=N)N)cc3)cc2)CC1.Cl. The molecular formula is C25H32ClN3O3. The summed E-state index contributed by atoms with van der Waals surface area (Å²) in [5, 5.41) is 7.48. The van der Waals surface area contributed by atoms with E-state index in [-0.39, 0.29) is 42.1 Å². The van der Waals surface area contributed by atoms with Gasteiger partial charge in [0.15, 0.2) is 0 Å². The highest BCUT2D eigenvalue weighted by atomic mass is 35.5. The summed E-state index contributed by atoms with van der Waals surface area (Å²) in [6.07, 6.45) is 2.86. The molecule has 3 N–H and O–H groups in total. The van der Waals surface area contributed by atoms with Crippen molar-refractivity contribution in [1.29, 1.82) is 5.41 Å². The van der Waals surface area contributed by atoms with Gasteiger partial charge in [0, 0.05) is 30.6 Å². The number of esters is 1. The van der Waals surface area contributed by atoms with Crippen LogP contribution in [0.25, 0.3) is 11.1 Å². The molecule has 172 valence electrons. The summed E-state index contributed by atoms with van der Waals surface area (Å²) in [7, 11) is 0. The Hall–Kier alpha value is -2.86. The second-order valence-corrected chi connectivity index (χ2v) is 8.22. The lowest BCUT2D eigenvalue weighted by Gasteiger charge is -2.32. The molecule has 1 heterocycles. The second-order valence-electron chi connectivity index (χ2n) is 8.22. The minimum Gasteiger partial charge on any atom is -0.463 e.